The first-order valence-corrected chi connectivity index (χ1v) is 13.9. The number of carbonyl (C=O) groups is 2. The number of methoxy groups -OCH3 is 1. The van der Waals surface area contributed by atoms with Gasteiger partial charge in [-0.15, -0.1) is 0 Å². The van der Waals surface area contributed by atoms with Crippen molar-refractivity contribution < 1.29 is 19.2 Å². The zero-order chi connectivity index (χ0) is 29.2. The van der Waals surface area contributed by atoms with Crippen LogP contribution in [0.2, 0.25) is 0 Å². The molecule has 1 saturated heterocycles. The molecule has 0 radical (unpaired) electrons. The number of amides is 2. The summed E-state index contributed by atoms with van der Waals surface area (Å²) < 4.78 is 5.24. The van der Waals surface area contributed by atoms with Gasteiger partial charge in [-0.3, -0.25) is 24.7 Å². The van der Waals surface area contributed by atoms with E-state index in [1.54, 1.807) is 18.3 Å². The van der Waals surface area contributed by atoms with Crippen LogP contribution in [0.5, 0.6) is 5.75 Å². The van der Waals surface area contributed by atoms with Gasteiger partial charge in [0.25, 0.3) is 0 Å². The van der Waals surface area contributed by atoms with Crippen LogP contribution in [0.15, 0.2) is 71.9 Å². The Bertz CT molecular complexity index is 1610. The topological polar surface area (TPSA) is 130 Å². The van der Waals surface area contributed by atoms with Crippen LogP contribution in [0.1, 0.15) is 24.0 Å². The van der Waals surface area contributed by atoms with Crippen LogP contribution in [0.4, 0.5) is 22.9 Å². The molecular weight excluding hydrogens is 536 g/mol. The molecule has 1 fully saturated rings. The van der Waals surface area contributed by atoms with E-state index in [2.05, 4.69) is 15.2 Å². The summed E-state index contributed by atoms with van der Waals surface area (Å²) in [7, 11) is 1.40. The Morgan fingerprint density at radius 1 is 1.12 bits per heavy atom. The predicted octanol–water partition coefficient (Wildman–Crippen LogP) is 4.41. The van der Waals surface area contributed by atoms with Gasteiger partial charge in [0, 0.05) is 38.4 Å². The molecule has 1 N–H and O–H groups in total. The van der Waals surface area contributed by atoms with Crippen LogP contribution < -0.4 is 15.0 Å². The number of aromatic nitrogens is 1. The smallest absolute Gasteiger partial charge is 0.310 e. The summed E-state index contributed by atoms with van der Waals surface area (Å²) >= 11 is 0. The molecule has 1 unspecified atom stereocenters. The summed E-state index contributed by atoms with van der Waals surface area (Å²) in [6.07, 6.45) is 5.07. The number of rotatable bonds is 6. The number of carbonyl (C=O) groups excluding carboxylic acids is 2. The lowest BCUT2D eigenvalue weighted by Crippen LogP contribution is -2.49. The van der Waals surface area contributed by atoms with Gasteiger partial charge in [-0.2, -0.15) is 0 Å². The summed E-state index contributed by atoms with van der Waals surface area (Å²) in [5.74, 6) is 0.604. The summed E-state index contributed by atoms with van der Waals surface area (Å²) in [6, 6.07) is 16.1. The number of ether oxygens (including phenoxy) is 1. The molecule has 6 rings (SSSR count). The maximum atomic E-state index is 13.2. The highest BCUT2D eigenvalue weighted by Gasteiger charge is 2.31. The molecule has 42 heavy (non-hydrogen) atoms. The first kappa shape index (κ1) is 27.1. The summed E-state index contributed by atoms with van der Waals surface area (Å²) in [5.41, 5.74) is 4.25. The minimum atomic E-state index is -0.477. The number of anilines is 2. The van der Waals surface area contributed by atoms with Crippen molar-refractivity contribution in [1.82, 2.24) is 9.88 Å². The maximum Gasteiger partial charge on any atom is 0.310 e. The summed E-state index contributed by atoms with van der Waals surface area (Å²) in [6.45, 7) is 2.70. The molecule has 2 aromatic carbocycles. The highest BCUT2D eigenvalue weighted by atomic mass is 16.6. The summed E-state index contributed by atoms with van der Waals surface area (Å²) in [5, 5.41) is 14.3. The lowest BCUT2D eigenvalue weighted by Gasteiger charge is -2.35. The number of piperazine rings is 1. The number of nitro groups is 1. The second kappa shape index (κ2) is 11.4. The molecule has 1 aromatic heterocycles. The Morgan fingerprint density at radius 3 is 2.69 bits per heavy atom. The average molecular weight is 567 g/mol. The summed E-state index contributed by atoms with van der Waals surface area (Å²) in [4.78, 5) is 50.4. The van der Waals surface area contributed by atoms with Crippen molar-refractivity contribution in [2.75, 3.05) is 43.5 Å². The molecule has 2 amide bonds. The first-order chi connectivity index (χ1) is 20.4. The van der Waals surface area contributed by atoms with E-state index < -0.39 is 10.8 Å². The molecule has 3 aliphatic rings. The van der Waals surface area contributed by atoms with Gasteiger partial charge in [0.05, 0.1) is 41.5 Å². The van der Waals surface area contributed by atoms with Crippen LogP contribution >= 0.6 is 0 Å². The fourth-order valence-electron chi connectivity index (χ4n) is 5.69. The van der Waals surface area contributed by atoms with Crippen LogP contribution in [0.3, 0.4) is 0 Å². The number of nitro benzene ring substituents is 1. The van der Waals surface area contributed by atoms with E-state index >= 15 is 0 Å². The third-order valence-electron chi connectivity index (χ3n) is 7.98. The first-order valence-electron chi connectivity index (χ1n) is 13.9. The SMILES string of the molecule is COc1cc(C2=CC3=Nc4cc(CC(=O)N5CCN(c6ccccn6)CC5)ccc4NC(=O)C3CC2)ccc1[N+](=O)[O-]. The number of allylic oxidation sites excluding steroid dienone is 2. The number of fused-ring (bicyclic) bond motifs is 2. The molecule has 3 aromatic rings. The van der Waals surface area contributed by atoms with Crippen molar-refractivity contribution in [3.63, 3.8) is 0 Å². The van der Waals surface area contributed by atoms with Gasteiger partial charge in [0.2, 0.25) is 11.8 Å². The molecule has 3 heterocycles. The second-order valence-corrected chi connectivity index (χ2v) is 10.5. The van der Waals surface area contributed by atoms with E-state index in [-0.39, 0.29) is 29.7 Å². The highest BCUT2D eigenvalue weighted by molar-refractivity contribution is 6.19. The third-order valence-corrected chi connectivity index (χ3v) is 7.98. The molecular formula is C31H30N6O5. The zero-order valence-electron chi connectivity index (χ0n) is 23.2. The van der Waals surface area contributed by atoms with E-state index in [4.69, 9.17) is 9.73 Å². The Morgan fingerprint density at radius 2 is 1.95 bits per heavy atom. The van der Waals surface area contributed by atoms with Crippen LogP contribution in [0, 0.1) is 16.0 Å². The molecule has 0 bridgehead atoms. The van der Waals surface area contributed by atoms with Crippen molar-refractivity contribution in [3.05, 3.63) is 88.1 Å². The monoisotopic (exact) mass is 566 g/mol. The van der Waals surface area contributed by atoms with Gasteiger partial charge >= 0.3 is 5.69 Å². The zero-order valence-corrected chi connectivity index (χ0v) is 23.2. The van der Waals surface area contributed by atoms with E-state index in [0.717, 1.165) is 35.6 Å². The Kier molecular flexibility index (Phi) is 7.39. The largest absolute Gasteiger partial charge is 0.490 e. The van der Waals surface area contributed by atoms with Crippen LogP contribution in [-0.2, 0) is 16.0 Å². The molecule has 1 atom stereocenters. The van der Waals surface area contributed by atoms with Crippen molar-refractivity contribution in [2.24, 2.45) is 10.9 Å². The quantitative estimate of drug-likeness (QED) is 0.346. The molecule has 0 saturated carbocycles. The number of hydrogen-bond acceptors (Lipinski definition) is 8. The number of nitrogens with zero attached hydrogens (tertiary/aromatic N) is 5. The van der Waals surface area contributed by atoms with Crippen molar-refractivity contribution in [2.45, 2.75) is 19.3 Å². The van der Waals surface area contributed by atoms with Crippen molar-refractivity contribution in [3.8, 4) is 5.75 Å². The van der Waals surface area contributed by atoms with E-state index in [0.29, 0.717) is 43.0 Å². The second-order valence-electron chi connectivity index (χ2n) is 10.5. The van der Waals surface area contributed by atoms with E-state index in [1.807, 2.05) is 47.4 Å². The number of benzene rings is 2. The van der Waals surface area contributed by atoms with E-state index in [9.17, 15) is 19.7 Å². The molecule has 0 spiro atoms. The standard InChI is InChI=1S/C31H30N6O5/c1-42-28-19-22(7-10-27(28)37(40)41)21-6-8-23-25(18-21)33-26-16-20(5-9-24(26)34-31(23)39)17-30(38)36-14-12-35(13-15-36)29-4-2-3-11-32-29/h2-5,7,9-11,16,18-19,23H,6,8,12-15,17H2,1H3,(H,34,39). The Balaban J connectivity index is 1.20. The normalized spacial score (nSPS) is 18.1. The van der Waals surface area contributed by atoms with Gasteiger partial charge < -0.3 is 19.9 Å². The number of hydrogen-bond donors (Lipinski definition) is 1. The number of nitrogens with one attached hydrogen (secondary N) is 1. The predicted molar refractivity (Wildman–Crippen MR) is 159 cm³/mol. The van der Waals surface area contributed by atoms with Gasteiger partial charge in [0.1, 0.15) is 5.82 Å². The lowest BCUT2D eigenvalue weighted by molar-refractivity contribution is -0.385. The van der Waals surface area contributed by atoms with Crippen LogP contribution in [-0.4, -0.2) is 65.6 Å². The fourth-order valence-corrected chi connectivity index (χ4v) is 5.69. The maximum absolute atomic E-state index is 13.2. The molecule has 11 nitrogen and oxygen atoms in total. The molecule has 2 aliphatic heterocycles. The minimum Gasteiger partial charge on any atom is -0.490 e. The third kappa shape index (κ3) is 5.45. The Labute approximate surface area is 242 Å². The van der Waals surface area contributed by atoms with Gasteiger partial charge in [-0.25, -0.2) is 4.98 Å². The number of aliphatic imine (C=N–C) groups is 1. The fraction of sp³-hybridized carbons (Fsp3) is 0.290. The van der Waals surface area contributed by atoms with Gasteiger partial charge in [0.15, 0.2) is 5.75 Å². The number of pyridine rings is 1. The lowest BCUT2D eigenvalue weighted by atomic mass is 9.84. The molecule has 11 heteroatoms. The van der Waals surface area contributed by atoms with E-state index in [1.165, 1.54) is 13.2 Å². The Hall–Kier alpha value is -5.06. The average Bonchev–Trinajstić information content (AvgIpc) is 3.15. The minimum absolute atomic E-state index is 0.0470. The molecule has 214 valence electrons. The van der Waals surface area contributed by atoms with Crippen molar-refractivity contribution >= 4 is 46.0 Å². The van der Waals surface area contributed by atoms with Gasteiger partial charge in [-0.1, -0.05) is 12.1 Å². The van der Waals surface area contributed by atoms with Crippen LogP contribution in [0.25, 0.3) is 5.57 Å². The van der Waals surface area contributed by atoms with Gasteiger partial charge in [-0.05, 0) is 72.0 Å². The molecule has 1 aliphatic carbocycles. The van der Waals surface area contributed by atoms with Crippen molar-refractivity contribution in [1.29, 1.82) is 0 Å². The highest BCUT2D eigenvalue weighted by Crippen LogP contribution is 2.38.